The number of halogens is 6. The van der Waals surface area contributed by atoms with Gasteiger partial charge in [0.2, 0.25) is 0 Å². The van der Waals surface area contributed by atoms with Crippen LogP contribution in [0.4, 0.5) is 26.3 Å². The molecule has 3 nitrogen and oxygen atoms in total. The molecule has 3 aromatic carbocycles. The van der Waals surface area contributed by atoms with Gasteiger partial charge in [-0.2, -0.15) is 0 Å². The van der Waals surface area contributed by atoms with Gasteiger partial charge in [-0.1, -0.05) is 0 Å². The molecule has 0 saturated heterocycles. The minimum atomic E-state index is -2.15. The van der Waals surface area contributed by atoms with Crippen molar-refractivity contribution in [1.82, 2.24) is 0 Å². The Bertz CT molecular complexity index is 928. The van der Waals surface area contributed by atoms with Crippen molar-refractivity contribution in [2.75, 3.05) is 21.3 Å². The number of hydrogen-bond donors (Lipinski definition) is 0. The van der Waals surface area contributed by atoms with Crippen LogP contribution in [0, 0.1) is 34.9 Å². The molecule has 0 unspecified atom stereocenters. The highest BCUT2D eigenvalue weighted by molar-refractivity contribution is 6.95. The first kappa shape index (κ1) is 22.4. The molecule has 3 rings (SSSR count). The Morgan fingerprint density at radius 1 is 0.452 bits per heavy atom. The summed E-state index contributed by atoms with van der Waals surface area (Å²) >= 11 is 0. The van der Waals surface area contributed by atoms with Crippen LogP contribution in [0.25, 0.3) is 0 Å². The molecule has 3 aromatic rings. The predicted molar refractivity (Wildman–Crippen MR) is 103 cm³/mol. The van der Waals surface area contributed by atoms with Crippen molar-refractivity contribution in [3.05, 3.63) is 71.3 Å². The Kier molecular flexibility index (Phi) is 6.38. The number of rotatable bonds is 6. The van der Waals surface area contributed by atoms with E-state index in [-0.39, 0.29) is 17.2 Å². The number of methoxy groups -OCH3 is 3. The second-order valence-corrected chi connectivity index (χ2v) is 6.45. The Morgan fingerprint density at radius 2 is 0.645 bits per heavy atom. The molecule has 0 aliphatic heterocycles. The molecular formula is C21H15BF6O3. The zero-order valence-corrected chi connectivity index (χ0v) is 16.5. The predicted octanol–water partition coefficient (Wildman–Crippen LogP) is 3.06. The van der Waals surface area contributed by atoms with E-state index in [1.54, 1.807) is 0 Å². The van der Waals surface area contributed by atoms with Crippen LogP contribution in [-0.2, 0) is 0 Å². The summed E-state index contributed by atoms with van der Waals surface area (Å²) < 4.78 is 104. The third kappa shape index (κ3) is 4.15. The van der Waals surface area contributed by atoms with Crippen LogP contribution in [0.5, 0.6) is 17.2 Å². The van der Waals surface area contributed by atoms with Crippen molar-refractivity contribution < 1.29 is 40.6 Å². The Morgan fingerprint density at radius 3 is 0.806 bits per heavy atom. The standard InChI is InChI=1S/C21H15BF6O3/c1-29-10-4-13(23)19(14(24)5-10)22(20-15(25)6-11(30-2)7-16(20)26)21-17(27)8-12(31-3)9-18(21)28/h4-9H,1-3H3. The van der Waals surface area contributed by atoms with Crippen molar-refractivity contribution in [3.8, 4) is 17.2 Å². The van der Waals surface area contributed by atoms with Gasteiger partial charge in [-0.25, -0.2) is 26.3 Å². The fourth-order valence-corrected chi connectivity index (χ4v) is 3.30. The third-order valence-electron chi connectivity index (χ3n) is 4.73. The lowest BCUT2D eigenvalue weighted by Gasteiger charge is -2.20. The first-order valence-electron chi connectivity index (χ1n) is 8.80. The maximum Gasteiger partial charge on any atom is 0.264 e. The van der Waals surface area contributed by atoms with E-state index in [9.17, 15) is 26.3 Å². The van der Waals surface area contributed by atoms with Crippen LogP contribution in [0.1, 0.15) is 0 Å². The van der Waals surface area contributed by atoms with Crippen LogP contribution in [-0.4, -0.2) is 28.0 Å². The molecule has 0 heterocycles. The number of benzene rings is 3. The van der Waals surface area contributed by atoms with Crippen molar-refractivity contribution >= 4 is 23.1 Å². The molecule has 0 N–H and O–H groups in total. The Labute approximate surface area is 174 Å². The summed E-state index contributed by atoms with van der Waals surface area (Å²) in [5, 5.41) is 0. The molecular weight excluding hydrogens is 425 g/mol. The van der Waals surface area contributed by atoms with Gasteiger partial charge in [0.05, 0.1) is 21.3 Å². The van der Waals surface area contributed by atoms with E-state index in [2.05, 4.69) is 0 Å². The summed E-state index contributed by atoms with van der Waals surface area (Å²) in [6.07, 6.45) is 0. The smallest absolute Gasteiger partial charge is 0.264 e. The summed E-state index contributed by atoms with van der Waals surface area (Å²) in [5.74, 6) is -8.58. The highest BCUT2D eigenvalue weighted by Crippen LogP contribution is 2.20. The average molecular weight is 440 g/mol. The van der Waals surface area contributed by atoms with Gasteiger partial charge in [-0.15, -0.1) is 0 Å². The molecule has 0 saturated carbocycles. The van der Waals surface area contributed by atoms with E-state index in [4.69, 9.17) is 14.2 Å². The van der Waals surface area contributed by atoms with Gasteiger partial charge in [-0.3, -0.25) is 0 Å². The minimum Gasteiger partial charge on any atom is -0.497 e. The molecule has 0 fully saturated rings. The van der Waals surface area contributed by atoms with Crippen molar-refractivity contribution in [1.29, 1.82) is 0 Å². The van der Waals surface area contributed by atoms with Crippen LogP contribution >= 0.6 is 0 Å². The van der Waals surface area contributed by atoms with Gasteiger partial charge < -0.3 is 14.2 Å². The summed E-state index contributed by atoms with van der Waals surface area (Å²) in [4.78, 5) is 0. The number of hydrogen-bond acceptors (Lipinski definition) is 3. The SMILES string of the molecule is COc1cc(F)c(B(c2c(F)cc(OC)cc2F)c2c(F)cc(OC)cc2F)c(F)c1. The van der Waals surface area contributed by atoms with E-state index in [0.29, 0.717) is 0 Å². The highest BCUT2D eigenvalue weighted by Gasteiger charge is 2.38. The van der Waals surface area contributed by atoms with Gasteiger partial charge in [0.25, 0.3) is 6.71 Å². The zero-order valence-electron chi connectivity index (χ0n) is 16.5. The van der Waals surface area contributed by atoms with Crippen molar-refractivity contribution in [2.45, 2.75) is 0 Å². The fourth-order valence-electron chi connectivity index (χ4n) is 3.30. The normalized spacial score (nSPS) is 10.7. The van der Waals surface area contributed by atoms with Gasteiger partial charge in [0.1, 0.15) is 52.2 Å². The van der Waals surface area contributed by atoms with E-state index in [1.165, 1.54) is 0 Å². The molecule has 10 heteroatoms. The maximum absolute atomic E-state index is 14.9. The summed E-state index contributed by atoms with van der Waals surface area (Å²) in [5.41, 5.74) is -2.90. The van der Waals surface area contributed by atoms with E-state index >= 15 is 0 Å². The summed E-state index contributed by atoms with van der Waals surface area (Å²) in [7, 11) is 3.45. The second-order valence-electron chi connectivity index (χ2n) is 6.45. The van der Waals surface area contributed by atoms with E-state index < -0.39 is 58.0 Å². The summed E-state index contributed by atoms with van der Waals surface area (Å²) in [6.45, 7) is -2.15. The molecule has 0 bridgehead atoms. The molecule has 0 radical (unpaired) electrons. The van der Waals surface area contributed by atoms with Crippen LogP contribution in [0.15, 0.2) is 36.4 Å². The van der Waals surface area contributed by atoms with Crippen molar-refractivity contribution in [3.63, 3.8) is 0 Å². The molecule has 31 heavy (non-hydrogen) atoms. The average Bonchev–Trinajstić information content (AvgIpc) is 2.71. The van der Waals surface area contributed by atoms with E-state index in [1.807, 2.05) is 0 Å². The Hall–Kier alpha value is -3.30. The maximum atomic E-state index is 14.9. The van der Waals surface area contributed by atoms with Crippen LogP contribution in [0.3, 0.4) is 0 Å². The van der Waals surface area contributed by atoms with Gasteiger partial charge in [0.15, 0.2) is 0 Å². The lowest BCUT2D eigenvalue weighted by atomic mass is 9.36. The number of ether oxygens (including phenoxy) is 3. The first-order valence-corrected chi connectivity index (χ1v) is 8.80. The first-order chi connectivity index (χ1) is 14.7. The van der Waals surface area contributed by atoms with E-state index in [0.717, 1.165) is 57.7 Å². The van der Waals surface area contributed by atoms with Crippen LogP contribution < -0.4 is 30.6 Å². The highest BCUT2D eigenvalue weighted by atomic mass is 19.2. The second kappa shape index (κ2) is 8.83. The molecule has 0 aliphatic rings. The molecule has 0 atom stereocenters. The monoisotopic (exact) mass is 440 g/mol. The molecule has 162 valence electrons. The molecule has 0 spiro atoms. The van der Waals surface area contributed by atoms with Gasteiger partial charge >= 0.3 is 0 Å². The largest absolute Gasteiger partial charge is 0.497 e. The lowest BCUT2D eigenvalue weighted by molar-refractivity contribution is 0.407. The molecule has 0 aromatic heterocycles. The molecule has 0 amide bonds. The summed E-state index contributed by atoms with van der Waals surface area (Å²) in [6, 6.07) is 4.44. The topological polar surface area (TPSA) is 27.7 Å². The van der Waals surface area contributed by atoms with Gasteiger partial charge in [0, 0.05) is 52.8 Å². The van der Waals surface area contributed by atoms with Crippen LogP contribution in [0.2, 0.25) is 0 Å². The quantitative estimate of drug-likeness (QED) is 0.436. The lowest BCUT2D eigenvalue weighted by Crippen LogP contribution is -2.59. The minimum absolute atomic E-state index is 0.233. The zero-order chi connectivity index (χ0) is 22.9. The Balaban J connectivity index is 2.41. The van der Waals surface area contributed by atoms with Crippen molar-refractivity contribution in [2.24, 2.45) is 0 Å². The fraction of sp³-hybridized carbons (Fsp3) is 0.143. The molecule has 0 aliphatic carbocycles. The third-order valence-corrected chi connectivity index (χ3v) is 4.73. The van der Waals surface area contributed by atoms with Gasteiger partial charge in [-0.05, 0) is 0 Å².